The zero-order valence-electron chi connectivity index (χ0n) is 14.5. The number of carbonyl (C=O) groups excluding carboxylic acids is 1. The molecular formula is C17H26N2O4S. The molecule has 0 aliphatic carbocycles. The second-order valence-electron chi connectivity index (χ2n) is 5.34. The SMILES string of the molecule is C=CCN(CC(=O)NC(CC)CC)S(=O)(=O)c1ccc(OC)cc1. The monoisotopic (exact) mass is 354 g/mol. The van der Waals surface area contributed by atoms with Crippen LogP contribution in [0.15, 0.2) is 41.8 Å². The normalized spacial score (nSPS) is 11.5. The molecule has 0 aliphatic heterocycles. The highest BCUT2D eigenvalue weighted by Gasteiger charge is 2.26. The van der Waals surface area contributed by atoms with Crippen LogP contribution in [0, 0.1) is 0 Å². The number of carbonyl (C=O) groups is 1. The Kier molecular flexibility index (Phi) is 7.94. The number of ether oxygens (including phenoxy) is 1. The molecule has 0 atom stereocenters. The molecule has 134 valence electrons. The van der Waals surface area contributed by atoms with Crippen molar-refractivity contribution in [3.63, 3.8) is 0 Å². The van der Waals surface area contributed by atoms with Crippen LogP contribution in [-0.2, 0) is 14.8 Å². The Balaban J connectivity index is 2.95. The summed E-state index contributed by atoms with van der Waals surface area (Å²) < 4.78 is 31.6. The second-order valence-corrected chi connectivity index (χ2v) is 7.28. The summed E-state index contributed by atoms with van der Waals surface area (Å²) in [6.45, 7) is 7.35. The minimum atomic E-state index is -3.79. The van der Waals surface area contributed by atoms with Gasteiger partial charge in [0.1, 0.15) is 5.75 Å². The molecule has 0 aliphatic rings. The largest absolute Gasteiger partial charge is 0.497 e. The summed E-state index contributed by atoms with van der Waals surface area (Å²) in [6.07, 6.45) is 3.06. The molecule has 0 unspecified atom stereocenters. The molecule has 1 rings (SSSR count). The Labute approximate surface area is 144 Å². The van der Waals surface area contributed by atoms with Gasteiger partial charge >= 0.3 is 0 Å². The molecule has 0 heterocycles. The number of benzene rings is 1. The minimum absolute atomic E-state index is 0.0479. The van der Waals surface area contributed by atoms with Gasteiger partial charge in [-0.15, -0.1) is 6.58 Å². The van der Waals surface area contributed by atoms with Crippen LogP contribution >= 0.6 is 0 Å². The first-order chi connectivity index (χ1) is 11.4. The summed E-state index contributed by atoms with van der Waals surface area (Å²) in [5.41, 5.74) is 0. The fourth-order valence-corrected chi connectivity index (χ4v) is 3.58. The first kappa shape index (κ1) is 20.2. The number of hydrogen-bond donors (Lipinski definition) is 1. The van der Waals surface area contributed by atoms with E-state index in [0.717, 1.165) is 17.1 Å². The van der Waals surface area contributed by atoms with Gasteiger partial charge in [0.25, 0.3) is 0 Å². The molecular weight excluding hydrogens is 328 g/mol. The molecule has 1 N–H and O–H groups in total. The summed E-state index contributed by atoms with van der Waals surface area (Å²) in [7, 11) is -2.28. The molecule has 24 heavy (non-hydrogen) atoms. The van der Waals surface area contributed by atoms with E-state index in [1.807, 2.05) is 13.8 Å². The van der Waals surface area contributed by atoms with Crippen molar-refractivity contribution in [1.29, 1.82) is 0 Å². The van der Waals surface area contributed by atoms with Crippen LogP contribution in [0.25, 0.3) is 0 Å². The summed E-state index contributed by atoms with van der Waals surface area (Å²) >= 11 is 0. The molecule has 1 amide bonds. The van der Waals surface area contributed by atoms with Crippen molar-refractivity contribution < 1.29 is 17.9 Å². The maximum absolute atomic E-state index is 12.7. The number of methoxy groups -OCH3 is 1. The molecule has 6 nitrogen and oxygen atoms in total. The molecule has 7 heteroatoms. The molecule has 0 radical (unpaired) electrons. The number of sulfonamides is 1. The third-order valence-corrected chi connectivity index (χ3v) is 5.53. The van der Waals surface area contributed by atoms with Crippen LogP contribution in [0.5, 0.6) is 5.75 Å². The van der Waals surface area contributed by atoms with Gasteiger partial charge in [-0.2, -0.15) is 4.31 Å². The first-order valence-electron chi connectivity index (χ1n) is 7.93. The van der Waals surface area contributed by atoms with Crippen molar-refractivity contribution in [2.24, 2.45) is 0 Å². The fourth-order valence-electron chi connectivity index (χ4n) is 2.21. The smallest absolute Gasteiger partial charge is 0.243 e. The predicted molar refractivity (Wildman–Crippen MR) is 94.5 cm³/mol. The van der Waals surface area contributed by atoms with E-state index in [2.05, 4.69) is 11.9 Å². The lowest BCUT2D eigenvalue weighted by Crippen LogP contribution is -2.43. The van der Waals surface area contributed by atoms with Crippen molar-refractivity contribution in [1.82, 2.24) is 9.62 Å². The van der Waals surface area contributed by atoms with Gasteiger partial charge in [0.2, 0.25) is 15.9 Å². The van der Waals surface area contributed by atoms with Gasteiger partial charge in [0.05, 0.1) is 18.6 Å². The zero-order valence-corrected chi connectivity index (χ0v) is 15.3. The topological polar surface area (TPSA) is 75.7 Å². The van der Waals surface area contributed by atoms with Gasteiger partial charge in [-0.05, 0) is 37.1 Å². The molecule has 0 bridgehead atoms. The molecule has 1 aromatic carbocycles. The summed E-state index contributed by atoms with van der Waals surface area (Å²) in [5.74, 6) is 0.248. The lowest BCUT2D eigenvalue weighted by atomic mass is 10.2. The van der Waals surface area contributed by atoms with Gasteiger partial charge in [-0.3, -0.25) is 4.79 Å². The Morgan fingerprint density at radius 3 is 2.33 bits per heavy atom. The molecule has 1 aromatic rings. The van der Waals surface area contributed by atoms with Gasteiger partial charge in [0.15, 0.2) is 0 Å². The quantitative estimate of drug-likeness (QED) is 0.654. The van der Waals surface area contributed by atoms with Gasteiger partial charge in [-0.25, -0.2) is 8.42 Å². The summed E-state index contributed by atoms with van der Waals surface area (Å²) in [4.78, 5) is 12.3. The summed E-state index contributed by atoms with van der Waals surface area (Å²) in [6, 6.07) is 6.12. The molecule has 0 fully saturated rings. The highest BCUT2D eigenvalue weighted by Crippen LogP contribution is 2.19. The van der Waals surface area contributed by atoms with Gasteiger partial charge < -0.3 is 10.1 Å². The zero-order chi connectivity index (χ0) is 18.2. The lowest BCUT2D eigenvalue weighted by molar-refractivity contribution is -0.122. The predicted octanol–water partition coefficient (Wildman–Crippen LogP) is 2.18. The average molecular weight is 354 g/mol. The van der Waals surface area contributed by atoms with E-state index in [4.69, 9.17) is 4.74 Å². The minimum Gasteiger partial charge on any atom is -0.497 e. The van der Waals surface area contributed by atoms with E-state index >= 15 is 0 Å². The number of amides is 1. The van der Waals surface area contributed by atoms with Crippen LogP contribution < -0.4 is 10.1 Å². The Morgan fingerprint density at radius 1 is 1.29 bits per heavy atom. The van der Waals surface area contributed by atoms with Crippen molar-refractivity contribution >= 4 is 15.9 Å². The van der Waals surface area contributed by atoms with Crippen LogP contribution in [-0.4, -0.2) is 44.9 Å². The fraction of sp³-hybridized carbons (Fsp3) is 0.471. The van der Waals surface area contributed by atoms with Crippen LogP contribution in [0.2, 0.25) is 0 Å². The van der Waals surface area contributed by atoms with Crippen molar-refractivity contribution in [3.05, 3.63) is 36.9 Å². The van der Waals surface area contributed by atoms with E-state index in [1.54, 1.807) is 12.1 Å². The van der Waals surface area contributed by atoms with E-state index in [9.17, 15) is 13.2 Å². The first-order valence-corrected chi connectivity index (χ1v) is 9.37. The Bertz CT molecular complexity index is 637. The van der Waals surface area contributed by atoms with Crippen molar-refractivity contribution in [2.75, 3.05) is 20.2 Å². The number of hydrogen-bond acceptors (Lipinski definition) is 4. The maximum Gasteiger partial charge on any atom is 0.243 e. The molecule has 0 aromatic heterocycles. The van der Waals surface area contributed by atoms with Crippen LogP contribution in [0.4, 0.5) is 0 Å². The van der Waals surface area contributed by atoms with Crippen LogP contribution in [0.1, 0.15) is 26.7 Å². The highest BCUT2D eigenvalue weighted by molar-refractivity contribution is 7.89. The van der Waals surface area contributed by atoms with E-state index in [0.29, 0.717) is 5.75 Å². The molecule has 0 saturated carbocycles. The van der Waals surface area contributed by atoms with E-state index in [-0.39, 0.29) is 29.9 Å². The third kappa shape index (κ3) is 5.35. The number of rotatable bonds is 10. The number of nitrogens with one attached hydrogen (secondary N) is 1. The van der Waals surface area contributed by atoms with Crippen LogP contribution in [0.3, 0.4) is 0 Å². The third-order valence-electron chi connectivity index (χ3n) is 3.70. The van der Waals surface area contributed by atoms with Crippen molar-refractivity contribution in [3.8, 4) is 5.75 Å². The van der Waals surface area contributed by atoms with Gasteiger partial charge in [0, 0.05) is 12.6 Å². The summed E-state index contributed by atoms with van der Waals surface area (Å²) in [5, 5.41) is 2.85. The second kappa shape index (κ2) is 9.44. The van der Waals surface area contributed by atoms with E-state index < -0.39 is 10.0 Å². The highest BCUT2D eigenvalue weighted by atomic mass is 32.2. The van der Waals surface area contributed by atoms with E-state index in [1.165, 1.54) is 25.3 Å². The Hall–Kier alpha value is -1.86. The Morgan fingerprint density at radius 2 is 1.88 bits per heavy atom. The number of nitrogens with zero attached hydrogens (tertiary/aromatic N) is 1. The average Bonchev–Trinajstić information content (AvgIpc) is 2.59. The molecule has 0 spiro atoms. The van der Waals surface area contributed by atoms with Gasteiger partial charge in [-0.1, -0.05) is 19.9 Å². The lowest BCUT2D eigenvalue weighted by Gasteiger charge is -2.22. The standard InChI is InChI=1S/C17H26N2O4S/c1-5-12-19(13-17(20)18-14(6-2)7-3)24(21,22)16-10-8-15(23-4)9-11-16/h5,8-11,14H,1,6-7,12-13H2,2-4H3,(H,18,20). The maximum atomic E-state index is 12.7. The molecule has 0 saturated heterocycles. The van der Waals surface area contributed by atoms with Crippen molar-refractivity contribution in [2.45, 2.75) is 37.6 Å².